The lowest BCUT2D eigenvalue weighted by Crippen LogP contribution is -2.48. The number of hydrogen-bond donors (Lipinski definition) is 1. The summed E-state index contributed by atoms with van der Waals surface area (Å²) in [7, 11) is 1.60. The van der Waals surface area contributed by atoms with Crippen LogP contribution in [-0.4, -0.2) is 64.8 Å². The highest BCUT2D eigenvalue weighted by Gasteiger charge is 2.37. The second kappa shape index (κ2) is 10.8. The molecular weight excluding hydrogens is 518 g/mol. The van der Waals surface area contributed by atoms with Crippen LogP contribution in [0.4, 0.5) is 10.6 Å². The van der Waals surface area contributed by atoms with Crippen molar-refractivity contribution in [1.29, 1.82) is 0 Å². The monoisotopic (exact) mass is 547 g/mol. The standard InChI is InChI=1S/C25H30ClN5O3S2/c1-16-7-11-30(25(33)29-9-3-4-10-29)14-19(16)21-22(34-2)23(27-13-18-5-6-20(26)36-18)31(28-21)24(32)17-8-12-35-15-17/h5-6,8,12,15-16,19,27H,3-4,7,9-11,13-14H2,1-2H3. The molecule has 2 amide bonds. The van der Waals surface area contributed by atoms with Crippen molar-refractivity contribution in [2.24, 2.45) is 5.92 Å². The minimum atomic E-state index is -0.221. The van der Waals surface area contributed by atoms with Gasteiger partial charge in [0.05, 0.1) is 23.6 Å². The molecule has 1 N–H and O–H groups in total. The van der Waals surface area contributed by atoms with Crippen LogP contribution in [0.25, 0.3) is 0 Å². The largest absolute Gasteiger partial charge is 0.491 e. The van der Waals surface area contributed by atoms with E-state index in [1.54, 1.807) is 13.2 Å². The predicted octanol–water partition coefficient (Wildman–Crippen LogP) is 5.61. The van der Waals surface area contributed by atoms with Gasteiger partial charge in [-0.05, 0) is 48.8 Å². The molecule has 5 heterocycles. The number of urea groups is 1. The molecule has 2 aliphatic rings. The van der Waals surface area contributed by atoms with Gasteiger partial charge in [-0.3, -0.25) is 4.79 Å². The normalized spacial score (nSPS) is 20.1. The van der Waals surface area contributed by atoms with Gasteiger partial charge in [-0.1, -0.05) is 18.5 Å². The Balaban J connectivity index is 1.48. The van der Waals surface area contributed by atoms with E-state index in [0.29, 0.717) is 40.3 Å². The van der Waals surface area contributed by atoms with Crippen LogP contribution >= 0.6 is 34.3 Å². The number of nitrogens with zero attached hydrogens (tertiary/aromatic N) is 4. The Morgan fingerprint density at radius 2 is 2.00 bits per heavy atom. The molecule has 11 heteroatoms. The first kappa shape index (κ1) is 25.1. The number of amides is 2. The van der Waals surface area contributed by atoms with Crippen LogP contribution in [0, 0.1) is 5.92 Å². The molecule has 2 saturated heterocycles. The Morgan fingerprint density at radius 3 is 2.67 bits per heavy atom. The van der Waals surface area contributed by atoms with Crippen LogP contribution < -0.4 is 10.1 Å². The van der Waals surface area contributed by atoms with Crippen molar-refractivity contribution in [2.75, 3.05) is 38.6 Å². The third-order valence-corrected chi connectivity index (χ3v) is 8.96. The maximum absolute atomic E-state index is 13.5. The molecule has 0 saturated carbocycles. The van der Waals surface area contributed by atoms with Crippen LogP contribution in [0.5, 0.6) is 5.75 Å². The number of halogens is 1. The summed E-state index contributed by atoms with van der Waals surface area (Å²) in [6.45, 7) is 5.59. The maximum atomic E-state index is 13.5. The summed E-state index contributed by atoms with van der Waals surface area (Å²) >= 11 is 9.07. The van der Waals surface area contributed by atoms with Gasteiger partial charge in [0.15, 0.2) is 11.6 Å². The van der Waals surface area contributed by atoms with Gasteiger partial charge in [0.2, 0.25) is 0 Å². The topological polar surface area (TPSA) is 79.7 Å². The van der Waals surface area contributed by atoms with E-state index in [2.05, 4.69) is 12.2 Å². The molecule has 2 atom stereocenters. The van der Waals surface area contributed by atoms with Crippen molar-refractivity contribution in [1.82, 2.24) is 19.6 Å². The zero-order chi connectivity index (χ0) is 25.2. The van der Waals surface area contributed by atoms with Gasteiger partial charge in [-0.2, -0.15) is 21.1 Å². The number of rotatable bonds is 6. The second-order valence-corrected chi connectivity index (χ2v) is 11.9. The summed E-state index contributed by atoms with van der Waals surface area (Å²) in [4.78, 5) is 31.5. The number of anilines is 1. The Bertz CT molecular complexity index is 1220. The van der Waals surface area contributed by atoms with Crippen molar-refractivity contribution >= 4 is 52.0 Å². The highest BCUT2D eigenvalue weighted by molar-refractivity contribution is 7.16. The molecule has 2 unspecified atom stereocenters. The van der Waals surface area contributed by atoms with Crippen molar-refractivity contribution in [3.8, 4) is 5.75 Å². The van der Waals surface area contributed by atoms with Crippen LogP contribution in [0.1, 0.15) is 53.0 Å². The number of aromatic nitrogens is 2. The summed E-state index contributed by atoms with van der Waals surface area (Å²) < 4.78 is 8.01. The van der Waals surface area contributed by atoms with Crippen molar-refractivity contribution in [2.45, 2.75) is 38.6 Å². The highest BCUT2D eigenvalue weighted by atomic mass is 35.5. The average Bonchev–Trinajstić information content (AvgIpc) is 3.69. The molecule has 3 aromatic heterocycles. The minimum Gasteiger partial charge on any atom is -0.491 e. The van der Waals surface area contributed by atoms with Crippen molar-refractivity contribution in [3.63, 3.8) is 0 Å². The summed E-state index contributed by atoms with van der Waals surface area (Å²) in [6.07, 6.45) is 2.99. The van der Waals surface area contributed by atoms with Crippen LogP contribution in [0.2, 0.25) is 4.34 Å². The molecular formula is C25H30ClN5O3S2. The lowest BCUT2D eigenvalue weighted by molar-refractivity contribution is 0.0945. The number of carbonyl (C=O) groups is 2. The highest BCUT2D eigenvalue weighted by Crippen LogP contribution is 2.41. The number of likely N-dealkylation sites (tertiary alicyclic amines) is 2. The van der Waals surface area contributed by atoms with Gasteiger partial charge in [0.1, 0.15) is 5.69 Å². The smallest absolute Gasteiger partial charge is 0.320 e. The quantitative estimate of drug-likeness (QED) is 0.434. The van der Waals surface area contributed by atoms with E-state index in [9.17, 15) is 9.59 Å². The van der Waals surface area contributed by atoms with Gasteiger partial charge in [0.25, 0.3) is 5.91 Å². The molecule has 0 spiro atoms. The van der Waals surface area contributed by atoms with Crippen LogP contribution in [0.3, 0.4) is 0 Å². The number of thiophene rings is 2. The maximum Gasteiger partial charge on any atom is 0.320 e. The molecule has 36 heavy (non-hydrogen) atoms. The molecule has 192 valence electrons. The summed E-state index contributed by atoms with van der Waals surface area (Å²) in [5, 5.41) is 11.9. The summed E-state index contributed by atoms with van der Waals surface area (Å²) in [5.41, 5.74) is 1.28. The van der Waals surface area contributed by atoms with Crippen LogP contribution in [0.15, 0.2) is 29.0 Å². The number of piperidine rings is 1. The number of methoxy groups -OCH3 is 1. The second-order valence-electron chi connectivity index (χ2n) is 9.35. The first-order chi connectivity index (χ1) is 17.5. The number of ether oxygens (including phenoxy) is 1. The van der Waals surface area contributed by atoms with Crippen LogP contribution in [-0.2, 0) is 6.54 Å². The van der Waals surface area contributed by atoms with E-state index in [1.807, 2.05) is 32.7 Å². The summed E-state index contributed by atoms with van der Waals surface area (Å²) in [5.74, 6) is 1.08. The summed E-state index contributed by atoms with van der Waals surface area (Å²) in [6, 6.07) is 5.71. The molecule has 3 aromatic rings. The third-order valence-electron chi connectivity index (χ3n) is 7.05. The molecule has 5 rings (SSSR count). The van der Waals surface area contributed by atoms with Gasteiger partial charge in [-0.15, -0.1) is 11.3 Å². The lowest BCUT2D eigenvalue weighted by atomic mass is 9.84. The number of hydrogen-bond acceptors (Lipinski definition) is 7. The molecule has 0 aromatic carbocycles. The van der Waals surface area contributed by atoms with Crippen molar-refractivity contribution in [3.05, 3.63) is 49.4 Å². The fourth-order valence-electron chi connectivity index (χ4n) is 5.00. The fraction of sp³-hybridized carbons (Fsp3) is 0.480. The first-order valence-corrected chi connectivity index (χ1v) is 14.4. The molecule has 2 aliphatic heterocycles. The Hall–Kier alpha value is -2.56. The number of carbonyl (C=O) groups excluding carboxylic acids is 2. The predicted molar refractivity (Wildman–Crippen MR) is 144 cm³/mol. The van der Waals surface area contributed by atoms with E-state index in [4.69, 9.17) is 21.4 Å². The van der Waals surface area contributed by atoms with Gasteiger partial charge in [0, 0.05) is 42.4 Å². The van der Waals surface area contributed by atoms with E-state index >= 15 is 0 Å². The Morgan fingerprint density at radius 1 is 1.19 bits per heavy atom. The third kappa shape index (κ3) is 4.99. The average molecular weight is 548 g/mol. The van der Waals surface area contributed by atoms with E-state index in [-0.39, 0.29) is 23.8 Å². The number of nitrogens with one attached hydrogen (secondary N) is 1. The van der Waals surface area contributed by atoms with Gasteiger partial charge < -0.3 is 19.9 Å². The van der Waals surface area contributed by atoms with E-state index < -0.39 is 0 Å². The molecule has 0 bridgehead atoms. The Labute approximate surface area is 223 Å². The van der Waals surface area contributed by atoms with Crippen molar-refractivity contribution < 1.29 is 14.3 Å². The van der Waals surface area contributed by atoms with E-state index in [1.165, 1.54) is 27.4 Å². The zero-order valence-corrected chi connectivity index (χ0v) is 22.8. The van der Waals surface area contributed by atoms with Gasteiger partial charge >= 0.3 is 6.03 Å². The molecule has 0 aliphatic carbocycles. The zero-order valence-electron chi connectivity index (χ0n) is 20.4. The van der Waals surface area contributed by atoms with E-state index in [0.717, 1.165) is 43.8 Å². The molecule has 0 radical (unpaired) electrons. The SMILES string of the molecule is COc1c(C2CN(C(=O)N3CCCC3)CCC2C)nn(C(=O)c2ccsc2)c1NCc1ccc(Cl)s1. The molecule has 8 nitrogen and oxygen atoms in total. The minimum absolute atomic E-state index is 0.0477. The first-order valence-electron chi connectivity index (χ1n) is 12.2. The lowest BCUT2D eigenvalue weighted by Gasteiger charge is -2.38. The molecule has 2 fully saturated rings. The Kier molecular flexibility index (Phi) is 7.55. The fourth-order valence-corrected chi connectivity index (χ4v) is 6.66. The van der Waals surface area contributed by atoms with Gasteiger partial charge in [-0.25, -0.2) is 4.79 Å².